The Morgan fingerprint density at radius 3 is 2.74 bits per heavy atom. The van der Waals surface area contributed by atoms with Crippen LogP contribution in [0.2, 0.25) is 0 Å². The fourth-order valence-electron chi connectivity index (χ4n) is 2.62. The van der Waals surface area contributed by atoms with Crippen molar-refractivity contribution in [1.29, 1.82) is 0 Å². The van der Waals surface area contributed by atoms with Crippen molar-refractivity contribution in [3.05, 3.63) is 27.1 Å². The van der Waals surface area contributed by atoms with Gasteiger partial charge in [-0.15, -0.1) is 0 Å². The quantitative estimate of drug-likeness (QED) is 0.814. The highest BCUT2D eigenvalue weighted by Crippen LogP contribution is 2.34. The number of anilines is 1. The summed E-state index contributed by atoms with van der Waals surface area (Å²) in [6, 6.07) is 6.98. The Balaban J connectivity index is 2.35. The van der Waals surface area contributed by atoms with E-state index in [9.17, 15) is 0 Å². The molecular formula is C15H22Br2N2. The Morgan fingerprint density at radius 1 is 1.37 bits per heavy atom. The second kappa shape index (κ2) is 6.15. The molecule has 2 atom stereocenters. The summed E-state index contributed by atoms with van der Waals surface area (Å²) < 4.78 is 2.31. The van der Waals surface area contributed by atoms with Crippen molar-refractivity contribution in [2.24, 2.45) is 0 Å². The number of nitrogens with one attached hydrogen (secondary N) is 1. The van der Waals surface area contributed by atoms with Gasteiger partial charge in [-0.2, -0.15) is 0 Å². The summed E-state index contributed by atoms with van der Waals surface area (Å²) in [5.74, 6) is 0. The SMILES string of the molecule is CCC1CNC(C)(CC)CN1c1cc(Br)ccc1Br. The van der Waals surface area contributed by atoms with Gasteiger partial charge in [0, 0.05) is 33.6 Å². The van der Waals surface area contributed by atoms with Crippen LogP contribution in [0.1, 0.15) is 33.6 Å². The standard InChI is InChI=1S/C15H22Br2N2/c1-4-12-9-18-15(3,5-2)10-19(12)14-8-11(16)6-7-13(14)17/h6-8,12,18H,4-5,9-10H2,1-3H3. The average Bonchev–Trinajstić information content (AvgIpc) is 2.41. The summed E-state index contributed by atoms with van der Waals surface area (Å²) in [5, 5.41) is 3.71. The Morgan fingerprint density at radius 2 is 2.11 bits per heavy atom. The Labute approximate surface area is 133 Å². The number of rotatable bonds is 3. The lowest BCUT2D eigenvalue weighted by molar-refractivity contribution is 0.276. The van der Waals surface area contributed by atoms with Crippen molar-refractivity contribution >= 4 is 37.5 Å². The van der Waals surface area contributed by atoms with Gasteiger partial charge in [0.05, 0.1) is 5.69 Å². The summed E-state index contributed by atoms with van der Waals surface area (Å²) in [4.78, 5) is 2.55. The minimum absolute atomic E-state index is 0.202. The third-order valence-corrected chi connectivity index (χ3v) is 5.36. The van der Waals surface area contributed by atoms with Crippen LogP contribution in [0.15, 0.2) is 27.1 Å². The molecule has 1 fully saturated rings. The molecule has 1 aromatic carbocycles. The molecule has 1 aromatic rings. The van der Waals surface area contributed by atoms with Crippen LogP contribution in [0.4, 0.5) is 5.69 Å². The second-order valence-corrected chi connectivity index (χ2v) is 7.35. The molecule has 1 aliphatic rings. The molecule has 2 rings (SSSR count). The van der Waals surface area contributed by atoms with E-state index >= 15 is 0 Å². The van der Waals surface area contributed by atoms with E-state index < -0.39 is 0 Å². The second-order valence-electron chi connectivity index (χ2n) is 5.58. The molecule has 0 saturated carbocycles. The molecule has 1 heterocycles. The van der Waals surface area contributed by atoms with Gasteiger partial charge in [0.15, 0.2) is 0 Å². The van der Waals surface area contributed by atoms with E-state index in [2.05, 4.69) is 81.0 Å². The zero-order valence-electron chi connectivity index (χ0n) is 11.8. The Hall–Kier alpha value is -0.0600. The van der Waals surface area contributed by atoms with E-state index in [4.69, 9.17) is 0 Å². The lowest BCUT2D eigenvalue weighted by Crippen LogP contribution is -2.62. The first-order valence-corrected chi connectivity index (χ1v) is 8.54. The van der Waals surface area contributed by atoms with Crippen LogP contribution in [0.3, 0.4) is 0 Å². The van der Waals surface area contributed by atoms with Crippen LogP contribution in [-0.2, 0) is 0 Å². The van der Waals surface area contributed by atoms with E-state index in [0.29, 0.717) is 6.04 Å². The van der Waals surface area contributed by atoms with Crippen molar-refractivity contribution in [1.82, 2.24) is 5.32 Å². The fraction of sp³-hybridized carbons (Fsp3) is 0.600. The molecule has 1 aliphatic heterocycles. The zero-order chi connectivity index (χ0) is 14.0. The van der Waals surface area contributed by atoms with Crippen molar-refractivity contribution in [2.75, 3.05) is 18.0 Å². The molecule has 0 amide bonds. The molecule has 106 valence electrons. The van der Waals surface area contributed by atoms with Crippen molar-refractivity contribution in [3.63, 3.8) is 0 Å². The fourth-order valence-corrected chi connectivity index (χ4v) is 3.45. The highest BCUT2D eigenvalue weighted by atomic mass is 79.9. The van der Waals surface area contributed by atoms with Crippen LogP contribution in [-0.4, -0.2) is 24.7 Å². The van der Waals surface area contributed by atoms with Crippen molar-refractivity contribution in [3.8, 4) is 0 Å². The normalized spacial score (nSPS) is 27.6. The van der Waals surface area contributed by atoms with Gasteiger partial charge in [-0.1, -0.05) is 29.8 Å². The summed E-state index contributed by atoms with van der Waals surface area (Å²) >= 11 is 7.29. The van der Waals surface area contributed by atoms with E-state index in [-0.39, 0.29) is 5.54 Å². The van der Waals surface area contributed by atoms with Gasteiger partial charge in [0.25, 0.3) is 0 Å². The van der Waals surface area contributed by atoms with E-state index in [1.54, 1.807) is 0 Å². The lowest BCUT2D eigenvalue weighted by atomic mass is 9.92. The van der Waals surface area contributed by atoms with E-state index in [1.165, 1.54) is 10.2 Å². The van der Waals surface area contributed by atoms with Crippen LogP contribution < -0.4 is 10.2 Å². The smallest absolute Gasteiger partial charge is 0.0525 e. The first-order valence-electron chi connectivity index (χ1n) is 6.96. The zero-order valence-corrected chi connectivity index (χ0v) is 15.0. The Kier molecular flexibility index (Phi) is 4.96. The van der Waals surface area contributed by atoms with Gasteiger partial charge in [-0.3, -0.25) is 0 Å². The topological polar surface area (TPSA) is 15.3 Å². The third-order valence-electron chi connectivity index (χ3n) is 4.19. The molecular weight excluding hydrogens is 368 g/mol. The maximum Gasteiger partial charge on any atom is 0.0525 e. The van der Waals surface area contributed by atoms with Gasteiger partial charge in [-0.05, 0) is 53.9 Å². The molecule has 1 N–H and O–H groups in total. The highest BCUT2D eigenvalue weighted by Gasteiger charge is 2.34. The summed E-state index contributed by atoms with van der Waals surface area (Å²) in [5.41, 5.74) is 1.50. The highest BCUT2D eigenvalue weighted by molar-refractivity contribution is 9.11. The van der Waals surface area contributed by atoms with Crippen LogP contribution >= 0.6 is 31.9 Å². The summed E-state index contributed by atoms with van der Waals surface area (Å²) in [6.07, 6.45) is 2.30. The van der Waals surface area contributed by atoms with Crippen molar-refractivity contribution < 1.29 is 0 Å². The predicted molar refractivity (Wildman–Crippen MR) is 90.0 cm³/mol. The van der Waals surface area contributed by atoms with E-state index in [0.717, 1.165) is 30.4 Å². The monoisotopic (exact) mass is 388 g/mol. The van der Waals surface area contributed by atoms with Crippen LogP contribution in [0.5, 0.6) is 0 Å². The minimum atomic E-state index is 0.202. The molecule has 2 unspecified atom stereocenters. The van der Waals surface area contributed by atoms with Gasteiger partial charge in [0.1, 0.15) is 0 Å². The number of benzene rings is 1. The number of piperazine rings is 1. The van der Waals surface area contributed by atoms with Gasteiger partial charge in [0.2, 0.25) is 0 Å². The number of nitrogens with zero attached hydrogens (tertiary/aromatic N) is 1. The molecule has 0 spiro atoms. The van der Waals surface area contributed by atoms with Crippen molar-refractivity contribution in [2.45, 2.75) is 45.2 Å². The molecule has 19 heavy (non-hydrogen) atoms. The molecule has 0 radical (unpaired) electrons. The van der Waals surface area contributed by atoms with Gasteiger partial charge in [-0.25, -0.2) is 0 Å². The third kappa shape index (κ3) is 3.34. The van der Waals surface area contributed by atoms with E-state index in [1.807, 2.05) is 0 Å². The molecule has 2 nitrogen and oxygen atoms in total. The molecule has 0 aliphatic carbocycles. The summed E-state index contributed by atoms with van der Waals surface area (Å²) in [6.45, 7) is 8.95. The average molecular weight is 390 g/mol. The minimum Gasteiger partial charge on any atom is -0.364 e. The first kappa shape index (κ1) is 15.3. The number of halogens is 2. The Bertz CT molecular complexity index is 450. The lowest BCUT2D eigenvalue weighted by Gasteiger charge is -2.47. The first-order chi connectivity index (χ1) is 8.99. The molecule has 0 aromatic heterocycles. The molecule has 0 bridgehead atoms. The van der Waals surface area contributed by atoms with Crippen LogP contribution in [0, 0.1) is 0 Å². The number of hydrogen-bond acceptors (Lipinski definition) is 2. The maximum atomic E-state index is 3.71. The number of hydrogen-bond donors (Lipinski definition) is 1. The van der Waals surface area contributed by atoms with Gasteiger partial charge < -0.3 is 10.2 Å². The predicted octanol–water partition coefficient (Wildman–Crippen LogP) is 4.57. The van der Waals surface area contributed by atoms with Gasteiger partial charge >= 0.3 is 0 Å². The molecule has 1 saturated heterocycles. The molecule has 4 heteroatoms. The van der Waals surface area contributed by atoms with Crippen LogP contribution in [0.25, 0.3) is 0 Å². The summed E-state index contributed by atoms with van der Waals surface area (Å²) in [7, 11) is 0. The maximum absolute atomic E-state index is 3.71. The largest absolute Gasteiger partial charge is 0.364 e.